The fraction of sp³-hybridized carbons (Fsp3) is 0.278. The zero-order valence-corrected chi connectivity index (χ0v) is 13.8. The molecule has 1 atom stereocenters. The number of rotatable bonds is 3. The number of benzene rings is 2. The molecule has 0 aliphatic carbocycles. The number of nitrogens with zero attached hydrogens (tertiary/aromatic N) is 1. The van der Waals surface area contributed by atoms with E-state index in [2.05, 4.69) is 0 Å². The van der Waals surface area contributed by atoms with E-state index in [0.717, 1.165) is 17.7 Å². The standard InChI is InChI=1S/C18H15ClF3NO2/c19-15-3-1-2-11(6-15)9-23-10-13-7-14(18(20,21)22)5-4-12(13)8-16(23)17(24)25/h1-7,16H,8-10H2,(H,24,25)/t16-/m1/s1. The van der Waals surface area contributed by atoms with Crippen LogP contribution in [0.15, 0.2) is 42.5 Å². The van der Waals surface area contributed by atoms with E-state index >= 15 is 0 Å². The van der Waals surface area contributed by atoms with Crippen LogP contribution in [0.5, 0.6) is 0 Å². The minimum Gasteiger partial charge on any atom is -0.480 e. The normalized spacial score (nSPS) is 18.0. The number of aliphatic carboxylic acids is 1. The number of fused-ring (bicyclic) bond motifs is 1. The molecule has 0 bridgehead atoms. The van der Waals surface area contributed by atoms with Crippen LogP contribution in [0.3, 0.4) is 0 Å². The van der Waals surface area contributed by atoms with Crippen LogP contribution in [0.25, 0.3) is 0 Å². The Morgan fingerprint density at radius 2 is 1.96 bits per heavy atom. The first-order chi connectivity index (χ1) is 11.7. The lowest BCUT2D eigenvalue weighted by Crippen LogP contribution is -2.45. The smallest absolute Gasteiger partial charge is 0.416 e. The quantitative estimate of drug-likeness (QED) is 0.873. The molecule has 25 heavy (non-hydrogen) atoms. The van der Waals surface area contributed by atoms with Gasteiger partial charge in [-0.2, -0.15) is 13.2 Å². The molecule has 3 rings (SSSR count). The van der Waals surface area contributed by atoms with Crippen LogP contribution in [-0.4, -0.2) is 22.0 Å². The minimum absolute atomic E-state index is 0.142. The predicted molar refractivity (Wildman–Crippen MR) is 87.3 cm³/mol. The van der Waals surface area contributed by atoms with E-state index in [4.69, 9.17) is 11.6 Å². The summed E-state index contributed by atoms with van der Waals surface area (Å²) in [5.41, 5.74) is 1.24. The average molecular weight is 370 g/mol. The van der Waals surface area contributed by atoms with Crippen molar-refractivity contribution in [3.05, 3.63) is 69.7 Å². The second-order valence-electron chi connectivity index (χ2n) is 6.07. The molecule has 1 N–H and O–H groups in total. The number of alkyl halides is 3. The van der Waals surface area contributed by atoms with Crippen LogP contribution in [0, 0.1) is 0 Å². The number of hydrogen-bond acceptors (Lipinski definition) is 2. The number of carbonyl (C=O) groups is 1. The van der Waals surface area contributed by atoms with Crippen molar-refractivity contribution in [2.75, 3.05) is 0 Å². The Morgan fingerprint density at radius 3 is 2.60 bits per heavy atom. The minimum atomic E-state index is -4.42. The molecular formula is C18H15ClF3NO2. The zero-order chi connectivity index (χ0) is 18.2. The van der Waals surface area contributed by atoms with Crippen LogP contribution in [0.1, 0.15) is 22.3 Å². The van der Waals surface area contributed by atoms with Crippen molar-refractivity contribution in [2.45, 2.75) is 31.7 Å². The third-order valence-corrected chi connectivity index (χ3v) is 4.56. The maximum atomic E-state index is 12.9. The monoisotopic (exact) mass is 369 g/mol. The summed E-state index contributed by atoms with van der Waals surface area (Å²) in [7, 11) is 0. The van der Waals surface area contributed by atoms with Crippen LogP contribution < -0.4 is 0 Å². The molecule has 0 amide bonds. The topological polar surface area (TPSA) is 40.5 Å². The summed E-state index contributed by atoms with van der Waals surface area (Å²) in [6.07, 6.45) is -4.25. The van der Waals surface area contributed by atoms with E-state index in [1.54, 1.807) is 23.1 Å². The third-order valence-electron chi connectivity index (χ3n) is 4.32. The first-order valence-electron chi connectivity index (χ1n) is 7.64. The Labute approximate surface area is 147 Å². The molecule has 0 saturated carbocycles. The van der Waals surface area contributed by atoms with Gasteiger partial charge in [-0.3, -0.25) is 9.69 Å². The number of halogens is 4. The zero-order valence-electron chi connectivity index (χ0n) is 13.1. The molecule has 0 radical (unpaired) electrons. The molecule has 0 unspecified atom stereocenters. The molecular weight excluding hydrogens is 355 g/mol. The summed E-state index contributed by atoms with van der Waals surface area (Å²) in [5.74, 6) is -0.993. The maximum absolute atomic E-state index is 12.9. The van der Waals surface area contributed by atoms with Crippen LogP contribution in [-0.2, 0) is 30.5 Å². The van der Waals surface area contributed by atoms with Crippen molar-refractivity contribution >= 4 is 17.6 Å². The summed E-state index contributed by atoms with van der Waals surface area (Å²) in [6.45, 7) is 0.440. The lowest BCUT2D eigenvalue weighted by Gasteiger charge is -2.34. The first-order valence-corrected chi connectivity index (χ1v) is 8.02. The van der Waals surface area contributed by atoms with Gasteiger partial charge in [-0.05, 0) is 47.4 Å². The summed E-state index contributed by atoms with van der Waals surface area (Å²) >= 11 is 5.95. The molecule has 2 aromatic carbocycles. The van der Waals surface area contributed by atoms with Gasteiger partial charge < -0.3 is 5.11 Å². The molecule has 0 fully saturated rings. The van der Waals surface area contributed by atoms with Crippen molar-refractivity contribution in [3.63, 3.8) is 0 Å². The Morgan fingerprint density at radius 1 is 1.20 bits per heavy atom. The van der Waals surface area contributed by atoms with Crippen molar-refractivity contribution in [1.82, 2.24) is 4.90 Å². The Hall–Kier alpha value is -2.05. The average Bonchev–Trinajstić information content (AvgIpc) is 2.52. The summed E-state index contributed by atoms with van der Waals surface area (Å²) in [4.78, 5) is 13.3. The highest BCUT2D eigenvalue weighted by Gasteiger charge is 2.35. The van der Waals surface area contributed by atoms with Gasteiger partial charge in [0.15, 0.2) is 0 Å². The predicted octanol–water partition coefficient (Wildman–Crippen LogP) is 4.37. The van der Waals surface area contributed by atoms with Crippen LogP contribution in [0.4, 0.5) is 13.2 Å². The van der Waals surface area contributed by atoms with Crippen LogP contribution >= 0.6 is 11.6 Å². The molecule has 0 spiro atoms. The van der Waals surface area contributed by atoms with E-state index in [0.29, 0.717) is 22.7 Å². The van der Waals surface area contributed by atoms with Gasteiger partial charge in [0.25, 0.3) is 0 Å². The van der Waals surface area contributed by atoms with Crippen molar-refractivity contribution in [3.8, 4) is 0 Å². The highest BCUT2D eigenvalue weighted by atomic mass is 35.5. The molecule has 7 heteroatoms. The first kappa shape index (κ1) is 17.8. The summed E-state index contributed by atoms with van der Waals surface area (Å²) in [5, 5.41) is 10.0. The Kier molecular flexibility index (Phi) is 4.75. The van der Waals surface area contributed by atoms with Gasteiger partial charge in [0.05, 0.1) is 5.56 Å². The number of carboxylic acid groups (broad SMARTS) is 1. The molecule has 1 aliphatic rings. The fourth-order valence-electron chi connectivity index (χ4n) is 3.09. The van der Waals surface area contributed by atoms with Gasteiger partial charge in [0, 0.05) is 18.1 Å². The van der Waals surface area contributed by atoms with Gasteiger partial charge in [-0.1, -0.05) is 29.8 Å². The molecule has 1 heterocycles. The molecule has 132 valence electrons. The number of hydrogen-bond donors (Lipinski definition) is 1. The van der Waals surface area contributed by atoms with Crippen molar-refractivity contribution in [2.24, 2.45) is 0 Å². The van der Waals surface area contributed by atoms with E-state index in [1.807, 2.05) is 6.07 Å². The molecule has 0 aromatic heterocycles. The van der Waals surface area contributed by atoms with Crippen molar-refractivity contribution in [1.29, 1.82) is 0 Å². The van der Waals surface area contributed by atoms with Crippen molar-refractivity contribution < 1.29 is 23.1 Å². The van der Waals surface area contributed by atoms with Gasteiger partial charge in [0.1, 0.15) is 6.04 Å². The molecule has 3 nitrogen and oxygen atoms in total. The lowest BCUT2D eigenvalue weighted by molar-refractivity contribution is -0.144. The molecule has 1 aliphatic heterocycles. The lowest BCUT2D eigenvalue weighted by atomic mass is 9.92. The van der Waals surface area contributed by atoms with Gasteiger partial charge in [0.2, 0.25) is 0 Å². The SMILES string of the molecule is O=C(O)[C@H]1Cc2ccc(C(F)(F)F)cc2CN1Cc1cccc(Cl)c1. The van der Waals surface area contributed by atoms with E-state index < -0.39 is 23.8 Å². The Bertz CT molecular complexity index is 807. The second-order valence-corrected chi connectivity index (χ2v) is 6.51. The van der Waals surface area contributed by atoms with Gasteiger partial charge in [-0.25, -0.2) is 0 Å². The van der Waals surface area contributed by atoms with E-state index in [-0.39, 0.29) is 13.0 Å². The largest absolute Gasteiger partial charge is 0.480 e. The third kappa shape index (κ3) is 3.96. The van der Waals surface area contributed by atoms with Crippen LogP contribution in [0.2, 0.25) is 5.02 Å². The maximum Gasteiger partial charge on any atom is 0.416 e. The second kappa shape index (κ2) is 6.69. The van der Waals surface area contributed by atoms with Gasteiger partial charge >= 0.3 is 12.1 Å². The molecule has 0 saturated heterocycles. The highest BCUT2D eigenvalue weighted by molar-refractivity contribution is 6.30. The molecule has 2 aromatic rings. The van der Waals surface area contributed by atoms with Gasteiger partial charge in [-0.15, -0.1) is 0 Å². The Balaban J connectivity index is 1.92. The van der Waals surface area contributed by atoms with E-state index in [9.17, 15) is 23.1 Å². The highest BCUT2D eigenvalue weighted by Crippen LogP contribution is 2.33. The number of carboxylic acids is 1. The summed E-state index contributed by atoms with van der Waals surface area (Å²) < 4.78 is 38.8. The summed E-state index contributed by atoms with van der Waals surface area (Å²) in [6, 6.07) is 9.71. The fourth-order valence-corrected chi connectivity index (χ4v) is 3.31. The van der Waals surface area contributed by atoms with E-state index in [1.165, 1.54) is 6.07 Å².